The number of methoxy groups -OCH3 is 1. The highest BCUT2D eigenvalue weighted by Crippen LogP contribution is 2.30. The van der Waals surface area contributed by atoms with Gasteiger partial charge in [-0.05, 0) is 52.2 Å². The van der Waals surface area contributed by atoms with E-state index in [2.05, 4.69) is 0 Å². The second-order valence-corrected chi connectivity index (χ2v) is 9.44. The molecule has 0 saturated carbocycles. The SMILES string of the molecule is COC(=O)CCCCn1nc(-c2ccc(Cl)cc2)c2c1CCN(C(=O)OC(C)(C)C)CC2. The molecule has 2 heterocycles. The van der Waals surface area contributed by atoms with Crippen molar-refractivity contribution in [2.24, 2.45) is 0 Å². The first kappa shape index (κ1) is 24.1. The van der Waals surface area contributed by atoms with E-state index in [1.165, 1.54) is 7.11 Å². The monoisotopic (exact) mass is 461 g/mol. The summed E-state index contributed by atoms with van der Waals surface area (Å²) in [6, 6.07) is 7.68. The molecule has 1 aliphatic rings. The topological polar surface area (TPSA) is 73.7 Å². The maximum absolute atomic E-state index is 12.6. The molecule has 0 bridgehead atoms. The van der Waals surface area contributed by atoms with Crippen LogP contribution < -0.4 is 0 Å². The average molecular weight is 462 g/mol. The third-order valence-corrected chi connectivity index (χ3v) is 5.67. The maximum atomic E-state index is 12.6. The van der Waals surface area contributed by atoms with Gasteiger partial charge in [0.05, 0.1) is 12.8 Å². The van der Waals surface area contributed by atoms with E-state index in [-0.39, 0.29) is 12.1 Å². The number of unbranched alkanes of at least 4 members (excludes halogenated alkanes) is 1. The quantitative estimate of drug-likeness (QED) is 0.452. The van der Waals surface area contributed by atoms with E-state index in [0.717, 1.165) is 35.4 Å². The minimum atomic E-state index is -0.527. The van der Waals surface area contributed by atoms with Gasteiger partial charge in [0, 0.05) is 54.3 Å². The largest absolute Gasteiger partial charge is 0.469 e. The van der Waals surface area contributed by atoms with Gasteiger partial charge in [-0.2, -0.15) is 5.10 Å². The number of benzene rings is 1. The number of hydrogen-bond donors (Lipinski definition) is 0. The number of aryl methyl sites for hydroxylation is 1. The molecule has 0 radical (unpaired) electrons. The van der Waals surface area contributed by atoms with Gasteiger partial charge in [0.15, 0.2) is 0 Å². The zero-order valence-electron chi connectivity index (χ0n) is 19.3. The predicted molar refractivity (Wildman–Crippen MR) is 124 cm³/mol. The van der Waals surface area contributed by atoms with Gasteiger partial charge >= 0.3 is 12.1 Å². The number of halogens is 1. The lowest BCUT2D eigenvalue weighted by Gasteiger charge is -2.26. The molecular formula is C24H32ClN3O4. The fourth-order valence-electron chi connectivity index (χ4n) is 3.84. The molecule has 0 N–H and O–H groups in total. The van der Waals surface area contributed by atoms with Crippen molar-refractivity contribution in [1.29, 1.82) is 0 Å². The number of ether oxygens (including phenoxy) is 2. The van der Waals surface area contributed by atoms with Gasteiger partial charge in [-0.25, -0.2) is 4.79 Å². The first-order valence-electron chi connectivity index (χ1n) is 11.1. The lowest BCUT2D eigenvalue weighted by Crippen LogP contribution is -2.38. The Bertz CT molecular complexity index is 947. The first-order valence-corrected chi connectivity index (χ1v) is 11.4. The molecule has 32 heavy (non-hydrogen) atoms. The molecule has 0 unspecified atom stereocenters. The molecule has 1 amide bonds. The molecule has 7 nitrogen and oxygen atoms in total. The number of carbonyl (C=O) groups is 2. The van der Waals surface area contributed by atoms with Gasteiger partial charge in [-0.3, -0.25) is 9.48 Å². The van der Waals surface area contributed by atoms with Crippen LogP contribution in [-0.4, -0.2) is 52.5 Å². The number of rotatable bonds is 6. The van der Waals surface area contributed by atoms with Crippen LogP contribution in [0.25, 0.3) is 11.3 Å². The van der Waals surface area contributed by atoms with Gasteiger partial charge in [0.1, 0.15) is 5.60 Å². The number of hydrogen-bond acceptors (Lipinski definition) is 5. The van der Waals surface area contributed by atoms with Gasteiger partial charge in [-0.15, -0.1) is 0 Å². The van der Waals surface area contributed by atoms with Crippen molar-refractivity contribution in [3.63, 3.8) is 0 Å². The van der Waals surface area contributed by atoms with Crippen LogP contribution in [0.4, 0.5) is 4.79 Å². The number of amides is 1. The van der Waals surface area contributed by atoms with Crippen molar-refractivity contribution in [1.82, 2.24) is 14.7 Å². The molecule has 1 aromatic heterocycles. The highest BCUT2D eigenvalue weighted by atomic mass is 35.5. The summed E-state index contributed by atoms with van der Waals surface area (Å²) >= 11 is 6.08. The summed E-state index contributed by atoms with van der Waals surface area (Å²) in [5.74, 6) is -0.195. The van der Waals surface area contributed by atoms with Crippen LogP contribution in [0.3, 0.4) is 0 Å². The third-order valence-electron chi connectivity index (χ3n) is 5.41. The lowest BCUT2D eigenvalue weighted by atomic mass is 10.0. The standard InChI is InChI=1S/C24H32ClN3O4/c1-24(2,3)32-23(30)27-15-12-19-20(13-16-27)28(14-6-5-7-21(29)31-4)26-22(19)17-8-10-18(25)11-9-17/h8-11H,5-7,12-16H2,1-4H3. The minimum absolute atomic E-state index is 0.195. The van der Waals surface area contributed by atoms with E-state index < -0.39 is 5.60 Å². The summed E-state index contributed by atoms with van der Waals surface area (Å²) in [5, 5.41) is 5.60. The van der Waals surface area contributed by atoms with Gasteiger partial charge in [-0.1, -0.05) is 23.7 Å². The van der Waals surface area contributed by atoms with Crippen LogP contribution in [0.15, 0.2) is 24.3 Å². The van der Waals surface area contributed by atoms with Crippen LogP contribution in [0.2, 0.25) is 5.02 Å². The van der Waals surface area contributed by atoms with Gasteiger partial charge < -0.3 is 14.4 Å². The Morgan fingerprint density at radius 2 is 1.78 bits per heavy atom. The van der Waals surface area contributed by atoms with Crippen LogP contribution in [0.1, 0.15) is 51.3 Å². The van der Waals surface area contributed by atoms with Gasteiger partial charge in [0.2, 0.25) is 0 Å². The van der Waals surface area contributed by atoms with Crippen molar-refractivity contribution in [2.45, 2.75) is 65.0 Å². The molecular weight excluding hydrogens is 430 g/mol. The molecule has 0 spiro atoms. The molecule has 3 rings (SSSR count). The highest BCUT2D eigenvalue weighted by Gasteiger charge is 2.28. The summed E-state index contributed by atoms with van der Waals surface area (Å²) in [6.45, 7) is 7.50. The second-order valence-electron chi connectivity index (χ2n) is 9.00. The van der Waals surface area contributed by atoms with Crippen LogP contribution in [0, 0.1) is 0 Å². The number of esters is 1. The lowest BCUT2D eigenvalue weighted by molar-refractivity contribution is -0.140. The Balaban J connectivity index is 1.82. The Morgan fingerprint density at radius 3 is 2.44 bits per heavy atom. The first-order chi connectivity index (χ1) is 15.2. The molecule has 8 heteroatoms. The van der Waals surface area contributed by atoms with Crippen LogP contribution >= 0.6 is 11.6 Å². The summed E-state index contributed by atoms with van der Waals surface area (Å²) in [5.41, 5.74) is 3.70. The summed E-state index contributed by atoms with van der Waals surface area (Å²) in [4.78, 5) is 25.8. The Morgan fingerprint density at radius 1 is 1.09 bits per heavy atom. The van der Waals surface area contributed by atoms with Crippen molar-refractivity contribution in [3.8, 4) is 11.3 Å². The molecule has 0 atom stereocenters. The van der Waals surface area contributed by atoms with E-state index >= 15 is 0 Å². The smallest absolute Gasteiger partial charge is 0.410 e. The molecule has 0 aliphatic carbocycles. The molecule has 0 saturated heterocycles. The Labute approximate surface area is 194 Å². The van der Waals surface area contributed by atoms with E-state index in [1.807, 2.05) is 49.7 Å². The Kier molecular flexibility index (Phi) is 7.82. The average Bonchev–Trinajstić information content (AvgIpc) is 2.92. The number of fused-ring (bicyclic) bond motifs is 1. The van der Waals surface area contributed by atoms with E-state index in [9.17, 15) is 9.59 Å². The normalized spacial score (nSPS) is 14.0. The Hall–Kier alpha value is -2.54. The van der Waals surface area contributed by atoms with Crippen molar-refractivity contribution >= 4 is 23.7 Å². The molecule has 1 aliphatic heterocycles. The summed E-state index contributed by atoms with van der Waals surface area (Å²) < 4.78 is 12.4. The fraction of sp³-hybridized carbons (Fsp3) is 0.542. The summed E-state index contributed by atoms with van der Waals surface area (Å²) in [6.07, 6.45) is 3.08. The minimum Gasteiger partial charge on any atom is -0.469 e. The fourth-order valence-corrected chi connectivity index (χ4v) is 3.97. The van der Waals surface area contributed by atoms with E-state index in [0.29, 0.717) is 43.9 Å². The number of nitrogens with zero attached hydrogens (tertiary/aromatic N) is 3. The third kappa shape index (κ3) is 6.25. The van der Waals surface area contributed by atoms with Crippen LogP contribution in [0.5, 0.6) is 0 Å². The van der Waals surface area contributed by atoms with Crippen molar-refractivity contribution in [3.05, 3.63) is 40.5 Å². The van der Waals surface area contributed by atoms with Crippen molar-refractivity contribution < 1.29 is 19.1 Å². The zero-order chi connectivity index (χ0) is 23.3. The van der Waals surface area contributed by atoms with Crippen LogP contribution in [-0.2, 0) is 33.7 Å². The summed E-state index contributed by atoms with van der Waals surface area (Å²) in [7, 11) is 1.41. The second kappa shape index (κ2) is 10.4. The van der Waals surface area contributed by atoms with Crippen molar-refractivity contribution in [2.75, 3.05) is 20.2 Å². The van der Waals surface area contributed by atoms with Gasteiger partial charge in [0.25, 0.3) is 0 Å². The van der Waals surface area contributed by atoms with E-state index in [4.69, 9.17) is 26.2 Å². The van der Waals surface area contributed by atoms with E-state index in [1.54, 1.807) is 4.90 Å². The molecule has 2 aromatic rings. The zero-order valence-corrected chi connectivity index (χ0v) is 20.1. The predicted octanol–water partition coefficient (Wildman–Crippen LogP) is 4.88. The number of aromatic nitrogens is 2. The maximum Gasteiger partial charge on any atom is 0.410 e. The highest BCUT2D eigenvalue weighted by molar-refractivity contribution is 6.30. The molecule has 174 valence electrons. The number of carbonyl (C=O) groups excluding carboxylic acids is 2. The molecule has 1 aromatic carbocycles. The molecule has 0 fully saturated rings.